The molecule has 3 rings (SSSR count). The van der Waals surface area contributed by atoms with E-state index < -0.39 is 6.10 Å². The molecule has 1 aromatic carbocycles. The summed E-state index contributed by atoms with van der Waals surface area (Å²) >= 11 is 0. The lowest BCUT2D eigenvalue weighted by molar-refractivity contribution is 0.0566. The molecule has 4 heteroatoms. The van der Waals surface area contributed by atoms with Gasteiger partial charge in [-0.25, -0.2) is 0 Å². The lowest BCUT2D eigenvalue weighted by Gasteiger charge is -2.31. The third-order valence-electron chi connectivity index (χ3n) is 5.15. The van der Waals surface area contributed by atoms with Crippen LogP contribution in [0.5, 0.6) is 5.75 Å². The van der Waals surface area contributed by atoms with E-state index in [9.17, 15) is 5.11 Å². The minimum atomic E-state index is -0.468. The van der Waals surface area contributed by atoms with Gasteiger partial charge in [0.2, 0.25) is 0 Å². The first-order valence-electron chi connectivity index (χ1n) is 9.29. The average Bonchev–Trinajstić information content (AvgIpc) is 3.46. The van der Waals surface area contributed by atoms with Crippen LogP contribution < -0.4 is 4.74 Å². The number of nitrogens with zero attached hydrogens (tertiary/aromatic N) is 2. The number of benzene rings is 1. The minimum Gasteiger partial charge on any atom is -0.491 e. The Balaban J connectivity index is 1.44. The lowest BCUT2D eigenvalue weighted by atomic mass is 9.89. The van der Waals surface area contributed by atoms with E-state index in [-0.39, 0.29) is 0 Å². The molecule has 24 heavy (non-hydrogen) atoms. The molecule has 2 fully saturated rings. The summed E-state index contributed by atoms with van der Waals surface area (Å²) < 4.78 is 5.67. The van der Waals surface area contributed by atoms with Crippen LogP contribution >= 0.6 is 0 Å². The third-order valence-corrected chi connectivity index (χ3v) is 5.15. The average molecular weight is 328 g/mol. The highest BCUT2D eigenvalue weighted by Crippen LogP contribution is 2.31. The van der Waals surface area contributed by atoms with Crippen LogP contribution in [0.3, 0.4) is 0 Å². The molecule has 0 aliphatic heterocycles. The molecule has 4 nitrogen and oxygen atoms in total. The van der Waals surface area contributed by atoms with Gasteiger partial charge in [0.1, 0.15) is 18.5 Å². The van der Waals surface area contributed by atoms with Crippen LogP contribution in [0, 0.1) is 17.2 Å². The zero-order chi connectivity index (χ0) is 16.8. The van der Waals surface area contributed by atoms with E-state index in [0.29, 0.717) is 30.5 Å². The van der Waals surface area contributed by atoms with Crippen molar-refractivity contribution in [2.24, 2.45) is 5.92 Å². The quantitative estimate of drug-likeness (QED) is 0.795. The molecular formula is C20H28N2O2. The first kappa shape index (κ1) is 17.3. The molecule has 2 aliphatic carbocycles. The monoisotopic (exact) mass is 328 g/mol. The van der Waals surface area contributed by atoms with Crippen LogP contribution in [0.4, 0.5) is 0 Å². The van der Waals surface area contributed by atoms with Crippen LogP contribution in [-0.4, -0.2) is 41.8 Å². The Labute approximate surface area is 145 Å². The Kier molecular flexibility index (Phi) is 6.12. The standard InChI is InChI=1S/C20H28N2O2/c21-12-16-6-10-20(11-7-16)24-15-19(23)14-22(18-8-9-18)13-17-4-2-1-3-5-17/h6-7,10-11,17-19,23H,1-5,8-9,13-15H2. The van der Waals surface area contributed by atoms with E-state index in [4.69, 9.17) is 10.00 Å². The molecule has 0 heterocycles. The Morgan fingerprint density at radius 2 is 1.83 bits per heavy atom. The van der Waals surface area contributed by atoms with Crippen molar-refractivity contribution in [3.63, 3.8) is 0 Å². The molecule has 0 saturated heterocycles. The van der Waals surface area contributed by atoms with E-state index in [1.165, 1.54) is 44.9 Å². The SMILES string of the molecule is N#Cc1ccc(OCC(O)CN(CC2CCCCC2)C2CC2)cc1. The Morgan fingerprint density at radius 1 is 1.12 bits per heavy atom. The topological polar surface area (TPSA) is 56.5 Å². The Morgan fingerprint density at radius 3 is 2.46 bits per heavy atom. The highest BCUT2D eigenvalue weighted by atomic mass is 16.5. The summed E-state index contributed by atoms with van der Waals surface area (Å²) in [6.45, 7) is 2.15. The number of aliphatic hydroxyl groups is 1. The van der Waals surface area contributed by atoms with Crippen LogP contribution in [0.15, 0.2) is 24.3 Å². The second kappa shape index (κ2) is 8.50. The Hall–Kier alpha value is -1.57. The maximum absolute atomic E-state index is 10.4. The molecule has 1 unspecified atom stereocenters. The fourth-order valence-corrected chi connectivity index (χ4v) is 3.66. The largest absolute Gasteiger partial charge is 0.491 e. The van der Waals surface area contributed by atoms with E-state index in [1.807, 2.05) is 0 Å². The van der Waals surface area contributed by atoms with Gasteiger partial charge in [-0.2, -0.15) is 5.26 Å². The fraction of sp³-hybridized carbons (Fsp3) is 0.650. The van der Waals surface area contributed by atoms with Crippen molar-refractivity contribution in [3.05, 3.63) is 29.8 Å². The molecular weight excluding hydrogens is 300 g/mol. The summed E-state index contributed by atoms with van der Waals surface area (Å²) in [5.74, 6) is 1.52. The maximum atomic E-state index is 10.4. The van der Waals surface area contributed by atoms with Gasteiger partial charge in [-0.15, -0.1) is 0 Å². The molecule has 0 spiro atoms. The van der Waals surface area contributed by atoms with E-state index >= 15 is 0 Å². The van der Waals surface area contributed by atoms with E-state index in [2.05, 4.69) is 11.0 Å². The molecule has 0 radical (unpaired) electrons. The van der Waals surface area contributed by atoms with Crippen LogP contribution in [0.1, 0.15) is 50.5 Å². The summed E-state index contributed by atoms with van der Waals surface area (Å²) in [6, 6.07) is 9.81. The third kappa shape index (κ3) is 5.22. The number of hydrogen-bond donors (Lipinski definition) is 1. The molecule has 2 saturated carbocycles. The molecule has 0 aromatic heterocycles. The lowest BCUT2D eigenvalue weighted by Crippen LogP contribution is -2.40. The van der Waals surface area contributed by atoms with Crippen molar-refractivity contribution in [2.75, 3.05) is 19.7 Å². The van der Waals surface area contributed by atoms with Gasteiger partial charge < -0.3 is 9.84 Å². The van der Waals surface area contributed by atoms with Gasteiger partial charge in [0.25, 0.3) is 0 Å². The van der Waals surface area contributed by atoms with Crippen molar-refractivity contribution < 1.29 is 9.84 Å². The highest BCUT2D eigenvalue weighted by molar-refractivity contribution is 5.34. The molecule has 2 aliphatic rings. The minimum absolute atomic E-state index is 0.305. The second-order valence-corrected chi connectivity index (χ2v) is 7.29. The van der Waals surface area contributed by atoms with Crippen LogP contribution in [0.2, 0.25) is 0 Å². The predicted molar refractivity (Wildman–Crippen MR) is 93.8 cm³/mol. The molecule has 1 atom stereocenters. The Bertz CT molecular complexity index is 542. The number of nitriles is 1. The van der Waals surface area contributed by atoms with Crippen molar-refractivity contribution >= 4 is 0 Å². The van der Waals surface area contributed by atoms with Gasteiger partial charge in [0.05, 0.1) is 11.6 Å². The summed E-state index contributed by atoms with van der Waals surface area (Å²) in [7, 11) is 0. The van der Waals surface area contributed by atoms with Crippen molar-refractivity contribution in [1.29, 1.82) is 5.26 Å². The second-order valence-electron chi connectivity index (χ2n) is 7.29. The normalized spacial score (nSPS) is 19.9. The van der Waals surface area contributed by atoms with Gasteiger partial charge in [0, 0.05) is 19.1 Å². The number of rotatable bonds is 8. The number of aliphatic hydroxyl groups excluding tert-OH is 1. The smallest absolute Gasteiger partial charge is 0.119 e. The van der Waals surface area contributed by atoms with E-state index in [0.717, 1.165) is 12.5 Å². The zero-order valence-corrected chi connectivity index (χ0v) is 14.4. The number of ether oxygens (including phenoxy) is 1. The molecule has 0 amide bonds. The predicted octanol–water partition coefficient (Wildman–Crippen LogP) is 3.34. The summed E-state index contributed by atoms with van der Waals surface area (Å²) in [5, 5.41) is 19.2. The highest BCUT2D eigenvalue weighted by Gasteiger charge is 2.32. The molecule has 1 aromatic rings. The van der Waals surface area contributed by atoms with Gasteiger partial charge in [0.15, 0.2) is 0 Å². The van der Waals surface area contributed by atoms with Crippen LogP contribution in [0.25, 0.3) is 0 Å². The van der Waals surface area contributed by atoms with Crippen molar-refractivity contribution in [1.82, 2.24) is 4.90 Å². The zero-order valence-electron chi connectivity index (χ0n) is 14.4. The summed E-state index contributed by atoms with van der Waals surface area (Å²) in [5.41, 5.74) is 0.621. The van der Waals surface area contributed by atoms with Gasteiger partial charge in [-0.3, -0.25) is 4.90 Å². The van der Waals surface area contributed by atoms with Crippen molar-refractivity contribution in [3.8, 4) is 11.8 Å². The van der Waals surface area contributed by atoms with Crippen molar-refractivity contribution in [2.45, 2.75) is 57.1 Å². The van der Waals surface area contributed by atoms with Crippen LogP contribution in [-0.2, 0) is 0 Å². The first-order chi connectivity index (χ1) is 11.7. The molecule has 0 bridgehead atoms. The molecule has 130 valence electrons. The summed E-state index contributed by atoms with van der Waals surface area (Å²) in [4.78, 5) is 2.49. The maximum Gasteiger partial charge on any atom is 0.119 e. The molecule has 1 N–H and O–H groups in total. The van der Waals surface area contributed by atoms with Gasteiger partial charge in [-0.1, -0.05) is 19.3 Å². The van der Waals surface area contributed by atoms with Gasteiger partial charge >= 0.3 is 0 Å². The first-order valence-corrected chi connectivity index (χ1v) is 9.29. The van der Waals surface area contributed by atoms with E-state index in [1.54, 1.807) is 24.3 Å². The number of hydrogen-bond acceptors (Lipinski definition) is 4. The fourth-order valence-electron chi connectivity index (χ4n) is 3.66. The van der Waals surface area contributed by atoms with Gasteiger partial charge in [-0.05, 0) is 55.9 Å². The summed E-state index contributed by atoms with van der Waals surface area (Å²) in [6.07, 6.45) is 8.90.